The molecule has 0 amide bonds. The van der Waals surface area contributed by atoms with Crippen LogP contribution < -0.4 is 5.73 Å². The van der Waals surface area contributed by atoms with E-state index in [1.807, 2.05) is 0 Å². The van der Waals surface area contributed by atoms with Crippen molar-refractivity contribution in [2.45, 2.75) is 11.8 Å². The predicted molar refractivity (Wildman–Crippen MR) is 65.1 cm³/mol. The summed E-state index contributed by atoms with van der Waals surface area (Å²) in [7, 11) is -2.64. The number of nitrogens with one attached hydrogen (secondary N) is 1. The minimum Gasteiger partial charge on any atom is -0.398 e. The van der Waals surface area contributed by atoms with E-state index in [0.29, 0.717) is 10.6 Å². The lowest BCUT2D eigenvalue weighted by molar-refractivity contribution is 0.678. The van der Waals surface area contributed by atoms with Crippen LogP contribution in [0, 0.1) is 11.7 Å². The van der Waals surface area contributed by atoms with Crippen LogP contribution in [0.25, 0.3) is 0 Å². The first-order valence-electron chi connectivity index (χ1n) is 3.52. The highest BCUT2D eigenvalue weighted by molar-refractivity contribution is 7.91. The van der Waals surface area contributed by atoms with E-state index in [-0.39, 0.29) is 24.8 Å². The van der Waals surface area contributed by atoms with Gasteiger partial charge in [-0.05, 0) is 24.6 Å². The molecule has 3 nitrogen and oxygen atoms in total. The Balaban J connectivity index is 0. The van der Waals surface area contributed by atoms with Crippen LogP contribution in [-0.4, -0.2) is 10.5 Å². The van der Waals surface area contributed by atoms with Crippen LogP contribution in [0.5, 0.6) is 0 Å². The van der Waals surface area contributed by atoms with Crippen molar-refractivity contribution in [3.8, 4) is 0 Å². The first-order valence-corrected chi connectivity index (χ1v) is 5.48. The monoisotopic (exact) mass is 256 g/mol. The standard InChI is InChI=1S/C8H12N2OS.2ClH/c1-6-7(9)4-3-5-8(6)12(2,10)11;;/h3-5,10H,9H2,1-2H3;2*1H. The van der Waals surface area contributed by atoms with E-state index in [4.69, 9.17) is 10.5 Å². The summed E-state index contributed by atoms with van der Waals surface area (Å²) >= 11 is 0. The van der Waals surface area contributed by atoms with Crippen molar-refractivity contribution in [2.24, 2.45) is 0 Å². The average molecular weight is 257 g/mol. The van der Waals surface area contributed by atoms with Crippen molar-refractivity contribution in [1.29, 1.82) is 4.78 Å². The molecule has 0 aliphatic rings. The molecule has 0 saturated carbocycles. The van der Waals surface area contributed by atoms with E-state index in [2.05, 4.69) is 0 Å². The lowest BCUT2D eigenvalue weighted by Crippen LogP contribution is -2.00. The van der Waals surface area contributed by atoms with Gasteiger partial charge in [0.1, 0.15) is 0 Å². The van der Waals surface area contributed by atoms with Crippen LogP contribution >= 0.6 is 24.8 Å². The number of hydrogen-bond donors (Lipinski definition) is 2. The fraction of sp³-hybridized carbons (Fsp3) is 0.250. The second-order valence-corrected chi connectivity index (χ2v) is 4.94. The summed E-state index contributed by atoms with van der Waals surface area (Å²) in [5.41, 5.74) is 6.95. The highest BCUT2D eigenvalue weighted by Crippen LogP contribution is 2.20. The first-order chi connectivity index (χ1) is 5.43. The largest absolute Gasteiger partial charge is 0.398 e. The highest BCUT2D eigenvalue weighted by Gasteiger charge is 2.07. The molecule has 0 aliphatic carbocycles. The third-order valence-corrected chi connectivity index (χ3v) is 3.03. The maximum atomic E-state index is 11.4. The zero-order chi connectivity index (χ0) is 9.35. The summed E-state index contributed by atoms with van der Waals surface area (Å²) in [6.45, 7) is 1.78. The number of nitrogen functional groups attached to an aromatic ring is 1. The van der Waals surface area contributed by atoms with Crippen molar-refractivity contribution in [2.75, 3.05) is 12.0 Å². The molecule has 1 rings (SSSR count). The van der Waals surface area contributed by atoms with E-state index in [9.17, 15) is 4.21 Å². The van der Waals surface area contributed by atoms with Gasteiger partial charge in [0.25, 0.3) is 0 Å². The zero-order valence-electron chi connectivity index (χ0n) is 7.94. The highest BCUT2D eigenvalue weighted by atomic mass is 35.5. The molecule has 0 spiro atoms. The van der Waals surface area contributed by atoms with Gasteiger partial charge in [-0.25, -0.2) is 8.99 Å². The third-order valence-electron chi connectivity index (χ3n) is 1.75. The Morgan fingerprint density at radius 3 is 2.21 bits per heavy atom. The minimum atomic E-state index is -2.64. The van der Waals surface area contributed by atoms with Crippen molar-refractivity contribution in [1.82, 2.24) is 0 Å². The number of anilines is 1. The lowest BCUT2D eigenvalue weighted by Gasteiger charge is -2.07. The summed E-state index contributed by atoms with van der Waals surface area (Å²) in [6, 6.07) is 5.14. The summed E-state index contributed by atoms with van der Waals surface area (Å²) in [6.07, 6.45) is 1.40. The lowest BCUT2D eigenvalue weighted by atomic mass is 10.2. The van der Waals surface area contributed by atoms with E-state index < -0.39 is 9.73 Å². The number of halogens is 2. The van der Waals surface area contributed by atoms with Crippen LogP contribution in [0.4, 0.5) is 5.69 Å². The second kappa shape index (κ2) is 5.44. The van der Waals surface area contributed by atoms with E-state index >= 15 is 0 Å². The molecular weight excluding hydrogens is 243 g/mol. The molecule has 82 valence electrons. The topological polar surface area (TPSA) is 66.9 Å². The summed E-state index contributed by atoms with van der Waals surface area (Å²) in [5.74, 6) is 0. The molecule has 1 atom stereocenters. The minimum absolute atomic E-state index is 0. The second-order valence-electron chi connectivity index (χ2n) is 2.81. The smallest absolute Gasteiger partial charge is 0.0700 e. The molecule has 0 aliphatic heterocycles. The molecule has 0 fully saturated rings. The van der Waals surface area contributed by atoms with Gasteiger partial charge in [-0.15, -0.1) is 24.8 Å². The summed E-state index contributed by atoms with van der Waals surface area (Å²) in [5, 5.41) is 0. The van der Waals surface area contributed by atoms with Gasteiger partial charge < -0.3 is 5.73 Å². The number of rotatable bonds is 1. The van der Waals surface area contributed by atoms with Gasteiger partial charge in [0.2, 0.25) is 0 Å². The van der Waals surface area contributed by atoms with E-state index in [1.54, 1.807) is 25.1 Å². The Morgan fingerprint density at radius 2 is 1.86 bits per heavy atom. The molecule has 0 radical (unpaired) electrons. The Bertz CT molecular complexity index is 404. The average Bonchev–Trinajstić information content (AvgIpc) is 1.92. The Morgan fingerprint density at radius 1 is 1.36 bits per heavy atom. The fourth-order valence-corrected chi connectivity index (χ4v) is 2.09. The van der Waals surface area contributed by atoms with Crippen molar-refractivity contribution >= 4 is 40.2 Å². The van der Waals surface area contributed by atoms with E-state index in [1.165, 1.54) is 6.26 Å². The van der Waals surface area contributed by atoms with E-state index in [0.717, 1.165) is 5.56 Å². The molecule has 3 N–H and O–H groups in total. The van der Waals surface area contributed by atoms with Crippen molar-refractivity contribution < 1.29 is 4.21 Å². The molecule has 0 saturated heterocycles. The number of benzene rings is 1. The van der Waals surface area contributed by atoms with Gasteiger partial charge in [0.15, 0.2) is 0 Å². The van der Waals surface area contributed by atoms with Gasteiger partial charge in [0.05, 0.1) is 14.6 Å². The van der Waals surface area contributed by atoms with Gasteiger partial charge in [-0.3, -0.25) is 0 Å². The zero-order valence-corrected chi connectivity index (χ0v) is 10.4. The molecule has 1 unspecified atom stereocenters. The molecular formula is C8H14Cl2N2OS. The number of nitrogens with two attached hydrogens (primary N) is 1. The van der Waals surface area contributed by atoms with Crippen LogP contribution in [0.15, 0.2) is 23.1 Å². The van der Waals surface area contributed by atoms with Gasteiger partial charge in [0, 0.05) is 11.9 Å². The summed E-state index contributed by atoms with van der Waals surface area (Å²) < 4.78 is 18.8. The van der Waals surface area contributed by atoms with Crippen LogP contribution in [0.2, 0.25) is 0 Å². The van der Waals surface area contributed by atoms with Gasteiger partial charge >= 0.3 is 0 Å². The molecule has 14 heavy (non-hydrogen) atoms. The number of hydrogen-bond acceptors (Lipinski definition) is 3. The molecule has 1 aromatic carbocycles. The van der Waals surface area contributed by atoms with Crippen LogP contribution in [0.1, 0.15) is 5.56 Å². The van der Waals surface area contributed by atoms with Crippen molar-refractivity contribution in [3.63, 3.8) is 0 Å². The first kappa shape index (κ1) is 16.0. The Kier molecular flexibility index (Phi) is 6.21. The predicted octanol–water partition coefficient (Wildman–Crippen LogP) is 2.46. The molecule has 0 heterocycles. The van der Waals surface area contributed by atoms with Crippen LogP contribution in [0.3, 0.4) is 0 Å². The third kappa shape index (κ3) is 3.36. The maximum absolute atomic E-state index is 11.4. The Labute approximate surface area is 96.9 Å². The normalized spacial score (nSPS) is 13.3. The van der Waals surface area contributed by atoms with Gasteiger partial charge in [-0.2, -0.15) is 0 Å². The molecule has 0 aromatic heterocycles. The van der Waals surface area contributed by atoms with Crippen molar-refractivity contribution in [3.05, 3.63) is 23.8 Å². The molecule has 1 aromatic rings. The quantitative estimate of drug-likeness (QED) is 0.759. The molecule has 6 heteroatoms. The van der Waals surface area contributed by atoms with Crippen LogP contribution in [-0.2, 0) is 9.73 Å². The molecule has 0 bridgehead atoms. The SMILES string of the molecule is Cc1c(N)cccc1S(C)(=N)=O.Cl.Cl. The maximum Gasteiger partial charge on any atom is 0.0700 e. The Hall–Kier alpha value is -0.450. The van der Waals surface area contributed by atoms with Gasteiger partial charge in [-0.1, -0.05) is 6.07 Å². The fourth-order valence-electron chi connectivity index (χ4n) is 1.05. The summed E-state index contributed by atoms with van der Waals surface area (Å²) in [4.78, 5) is 0.530.